The van der Waals surface area contributed by atoms with E-state index in [0.717, 1.165) is 4.88 Å². The van der Waals surface area contributed by atoms with Gasteiger partial charge in [-0.1, -0.05) is 17.9 Å². The highest BCUT2D eigenvalue weighted by atomic mass is 32.1. The molecule has 0 fully saturated rings. The minimum absolute atomic E-state index is 0.0135. The predicted octanol–water partition coefficient (Wildman–Crippen LogP) is 1.88. The molecule has 3 heterocycles. The van der Waals surface area contributed by atoms with Crippen molar-refractivity contribution in [3.8, 4) is 27.9 Å². The van der Waals surface area contributed by atoms with Gasteiger partial charge in [-0.3, -0.25) is 15.6 Å². The quantitative estimate of drug-likeness (QED) is 0.336. The number of nitrogens with zero attached hydrogens (tertiary/aromatic N) is 5. The number of hydrogen-bond donors (Lipinski definition) is 3. The minimum atomic E-state index is -0.545. The van der Waals surface area contributed by atoms with Crippen LogP contribution in [-0.2, 0) is 0 Å². The second-order valence-electron chi connectivity index (χ2n) is 6.28. The Balaban J connectivity index is 1.57. The fourth-order valence-electron chi connectivity index (χ4n) is 2.84. The maximum atomic E-state index is 12.9. The van der Waals surface area contributed by atoms with E-state index >= 15 is 0 Å². The van der Waals surface area contributed by atoms with Crippen molar-refractivity contribution < 1.29 is 18.9 Å². The number of ether oxygens (including phenoxy) is 2. The molecular weight excluding hydrogens is 436 g/mol. The Hall–Kier alpha value is -4.39. The number of nitrogens with one attached hydrogen (secondary N) is 2. The van der Waals surface area contributed by atoms with E-state index in [9.17, 15) is 4.79 Å². The third-order valence-corrected chi connectivity index (χ3v) is 5.27. The molecule has 0 aliphatic carbocycles. The van der Waals surface area contributed by atoms with Crippen molar-refractivity contribution in [3.63, 3.8) is 0 Å². The van der Waals surface area contributed by atoms with Crippen molar-refractivity contribution in [1.29, 1.82) is 0 Å². The highest BCUT2D eigenvalue weighted by Crippen LogP contribution is 2.31. The number of aromatic nitrogens is 5. The molecule has 1 amide bonds. The van der Waals surface area contributed by atoms with Gasteiger partial charge in [-0.2, -0.15) is 4.68 Å². The fraction of sp³-hybridized carbons (Fsp3) is 0.105. The van der Waals surface area contributed by atoms with E-state index in [1.54, 1.807) is 25.3 Å². The van der Waals surface area contributed by atoms with Crippen LogP contribution in [0.4, 0.5) is 5.82 Å². The third-order valence-electron chi connectivity index (χ3n) is 4.40. The largest absolute Gasteiger partial charge is 0.493 e. The SMILES string of the molecule is C=C(NNC(=O)c1nnn(-c2nonc2N)c1-c1cccs1)c1ccc(OC)c(OC)c1. The molecule has 32 heavy (non-hydrogen) atoms. The van der Waals surface area contributed by atoms with Crippen LogP contribution in [0.15, 0.2) is 46.9 Å². The number of anilines is 1. The van der Waals surface area contributed by atoms with Gasteiger partial charge in [-0.15, -0.1) is 16.4 Å². The van der Waals surface area contributed by atoms with Crippen LogP contribution in [0.3, 0.4) is 0 Å². The number of nitrogens with two attached hydrogens (primary N) is 1. The summed E-state index contributed by atoms with van der Waals surface area (Å²) in [6.07, 6.45) is 0. The zero-order valence-corrected chi connectivity index (χ0v) is 17.8. The second-order valence-corrected chi connectivity index (χ2v) is 7.22. The molecule has 4 N–H and O–H groups in total. The van der Waals surface area contributed by atoms with Crippen molar-refractivity contribution in [2.24, 2.45) is 0 Å². The maximum absolute atomic E-state index is 12.9. The number of carbonyl (C=O) groups is 1. The van der Waals surface area contributed by atoms with Crippen LogP contribution in [0, 0.1) is 0 Å². The molecule has 3 aromatic heterocycles. The molecule has 0 unspecified atom stereocenters. The second kappa shape index (κ2) is 8.77. The first-order chi connectivity index (χ1) is 15.5. The molecule has 4 aromatic rings. The van der Waals surface area contributed by atoms with Crippen LogP contribution in [0.5, 0.6) is 11.5 Å². The number of rotatable bonds is 8. The molecule has 0 saturated heterocycles. The molecular formula is C19H18N8O4S. The van der Waals surface area contributed by atoms with Gasteiger partial charge in [0.1, 0.15) is 5.69 Å². The molecule has 4 rings (SSSR count). The Kier molecular flexibility index (Phi) is 5.72. The normalized spacial score (nSPS) is 10.6. The first-order valence-corrected chi connectivity index (χ1v) is 9.97. The number of benzene rings is 1. The number of nitrogen functional groups attached to an aromatic ring is 1. The van der Waals surface area contributed by atoms with Gasteiger partial charge in [0.05, 0.1) is 24.8 Å². The summed E-state index contributed by atoms with van der Waals surface area (Å²) < 4.78 is 16.5. The lowest BCUT2D eigenvalue weighted by molar-refractivity contribution is 0.0938. The van der Waals surface area contributed by atoms with Gasteiger partial charge in [0, 0.05) is 5.56 Å². The first-order valence-electron chi connectivity index (χ1n) is 9.09. The summed E-state index contributed by atoms with van der Waals surface area (Å²) in [5.41, 5.74) is 12.7. The van der Waals surface area contributed by atoms with Gasteiger partial charge >= 0.3 is 0 Å². The Labute approximate surface area is 185 Å². The number of thiophene rings is 1. The molecule has 0 radical (unpaired) electrons. The molecule has 0 spiro atoms. The number of carbonyl (C=O) groups excluding carboxylic acids is 1. The average Bonchev–Trinajstić information content (AvgIpc) is 3.56. The first kappa shape index (κ1) is 20.9. The van der Waals surface area contributed by atoms with Crippen molar-refractivity contribution in [1.82, 2.24) is 36.2 Å². The van der Waals surface area contributed by atoms with E-state index in [1.807, 2.05) is 17.5 Å². The molecule has 0 atom stereocenters. The van der Waals surface area contributed by atoms with Crippen LogP contribution in [0.1, 0.15) is 16.1 Å². The van der Waals surface area contributed by atoms with Crippen LogP contribution >= 0.6 is 11.3 Å². The van der Waals surface area contributed by atoms with E-state index in [1.165, 1.54) is 23.1 Å². The van der Waals surface area contributed by atoms with Crippen LogP contribution in [0.25, 0.3) is 22.1 Å². The smallest absolute Gasteiger partial charge is 0.292 e. The van der Waals surface area contributed by atoms with E-state index in [-0.39, 0.29) is 17.3 Å². The Bertz CT molecular complexity index is 1260. The van der Waals surface area contributed by atoms with E-state index < -0.39 is 5.91 Å². The van der Waals surface area contributed by atoms with Crippen LogP contribution in [-0.4, -0.2) is 45.4 Å². The maximum Gasteiger partial charge on any atom is 0.292 e. The van der Waals surface area contributed by atoms with Crippen LogP contribution in [0.2, 0.25) is 0 Å². The Morgan fingerprint density at radius 3 is 2.66 bits per heavy atom. The lowest BCUT2D eigenvalue weighted by Crippen LogP contribution is -2.36. The Morgan fingerprint density at radius 2 is 2.00 bits per heavy atom. The molecule has 0 saturated carbocycles. The van der Waals surface area contributed by atoms with Crippen molar-refractivity contribution in [2.45, 2.75) is 0 Å². The number of amides is 1. The van der Waals surface area contributed by atoms with Gasteiger partial charge in [0.2, 0.25) is 11.6 Å². The summed E-state index contributed by atoms with van der Waals surface area (Å²) in [6.45, 7) is 3.94. The number of hydrogen-bond acceptors (Lipinski definition) is 11. The van der Waals surface area contributed by atoms with Gasteiger partial charge in [-0.25, -0.2) is 4.63 Å². The minimum Gasteiger partial charge on any atom is -0.493 e. The molecule has 0 aliphatic rings. The van der Waals surface area contributed by atoms with Crippen molar-refractivity contribution in [2.75, 3.05) is 20.0 Å². The summed E-state index contributed by atoms with van der Waals surface area (Å²) in [5.74, 6) is 0.700. The topological polar surface area (TPSA) is 155 Å². The molecule has 164 valence electrons. The molecule has 12 nitrogen and oxygen atoms in total. The van der Waals surface area contributed by atoms with E-state index in [0.29, 0.717) is 28.5 Å². The van der Waals surface area contributed by atoms with Crippen molar-refractivity contribution in [3.05, 3.63) is 53.5 Å². The van der Waals surface area contributed by atoms with Gasteiger partial charge in [-0.05, 0) is 40.0 Å². The number of hydrazine groups is 1. The summed E-state index contributed by atoms with van der Waals surface area (Å²) in [4.78, 5) is 13.6. The third kappa shape index (κ3) is 3.83. The fourth-order valence-corrected chi connectivity index (χ4v) is 3.60. The van der Waals surface area contributed by atoms with Gasteiger partial charge < -0.3 is 15.2 Å². The molecule has 1 aromatic carbocycles. The lowest BCUT2D eigenvalue weighted by Gasteiger charge is -2.13. The number of methoxy groups -OCH3 is 2. The van der Waals surface area contributed by atoms with Gasteiger partial charge in [0.15, 0.2) is 17.2 Å². The highest BCUT2D eigenvalue weighted by molar-refractivity contribution is 7.13. The zero-order valence-electron chi connectivity index (χ0n) is 17.0. The van der Waals surface area contributed by atoms with Gasteiger partial charge in [0.25, 0.3) is 5.91 Å². The molecule has 13 heteroatoms. The van der Waals surface area contributed by atoms with Crippen LogP contribution < -0.4 is 26.1 Å². The Morgan fingerprint density at radius 1 is 1.19 bits per heavy atom. The van der Waals surface area contributed by atoms with E-state index in [4.69, 9.17) is 15.2 Å². The van der Waals surface area contributed by atoms with E-state index in [2.05, 4.69) is 42.7 Å². The average molecular weight is 454 g/mol. The zero-order chi connectivity index (χ0) is 22.7. The summed E-state index contributed by atoms with van der Waals surface area (Å²) in [5, 5.41) is 17.2. The molecule has 0 aliphatic heterocycles. The predicted molar refractivity (Wildman–Crippen MR) is 116 cm³/mol. The molecule has 0 bridgehead atoms. The monoisotopic (exact) mass is 454 g/mol. The summed E-state index contributed by atoms with van der Waals surface area (Å²) >= 11 is 1.39. The highest BCUT2D eigenvalue weighted by Gasteiger charge is 2.25. The summed E-state index contributed by atoms with van der Waals surface area (Å²) in [6, 6.07) is 8.89. The van der Waals surface area contributed by atoms with Crippen molar-refractivity contribution >= 4 is 28.8 Å². The lowest BCUT2D eigenvalue weighted by atomic mass is 10.1. The standard InChI is InChI=1S/C19H18N8O4S/c1-10(11-6-7-12(29-2)13(9-11)30-3)21-23-19(28)15-16(14-5-4-8-32-14)27(26-22-15)18-17(20)24-31-25-18/h4-9,21H,1H2,2-3H3,(H2,20,24)(H,23,28). The summed E-state index contributed by atoms with van der Waals surface area (Å²) in [7, 11) is 3.08.